The summed E-state index contributed by atoms with van der Waals surface area (Å²) >= 11 is 1.11. The predicted octanol–water partition coefficient (Wildman–Crippen LogP) is -1.06. The molecule has 0 saturated carbocycles. The van der Waals surface area contributed by atoms with Gasteiger partial charge in [0.25, 0.3) is 0 Å². The summed E-state index contributed by atoms with van der Waals surface area (Å²) in [7, 11) is 0. The fourth-order valence-electron chi connectivity index (χ4n) is 0.725. The molecule has 0 aromatic heterocycles. The lowest BCUT2D eigenvalue weighted by atomic mass is 10.2. The summed E-state index contributed by atoms with van der Waals surface area (Å²) in [5.41, 5.74) is 4.89. The van der Waals surface area contributed by atoms with Crippen molar-refractivity contribution in [3.05, 3.63) is 0 Å². The van der Waals surface area contributed by atoms with E-state index in [2.05, 4.69) is 4.72 Å². The molecule has 5 N–H and O–H groups in total. The van der Waals surface area contributed by atoms with E-state index >= 15 is 0 Å². The highest BCUT2D eigenvalue weighted by Crippen LogP contribution is 2.02. The lowest BCUT2D eigenvalue weighted by molar-refractivity contribution is -0.139. The van der Waals surface area contributed by atoms with Gasteiger partial charge in [0.1, 0.15) is 6.04 Å². The van der Waals surface area contributed by atoms with Gasteiger partial charge in [-0.15, -0.1) is 0 Å². The number of hydrogen-bond acceptors (Lipinski definition) is 5. The molecule has 0 unspecified atom stereocenters. The first-order valence-electron chi connectivity index (χ1n) is 4.07. The van der Waals surface area contributed by atoms with Crippen LogP contribution in [0.3, 0.4) is 0 Å². The fourth-order valence-corrected chi connectivity index (χ4v) is 1.35. The van der Waals surface area contributed by atoms with Crippen molar-refractivity contribution in [2.45, 2.75) is 18.9 Å². The Hall–Kier alpha value is -0.790. The third-order valence-electron chi connectivity index (χ3n) is 1.40. The van der Waals surface area contributed by atoms with Gasteiger partial charge in [0.15, 0.2) is 0 Å². The average Bonchev–Trinajstić information content (AvgIpc) is 2.10. The first kappa shape index (κ1) is 13.2. The molecule has 0 saturated heterocycles. The first-order valence-corrected chi connectivity index (χ1v) is 5.05. The third kappa shape index (κ3) is 6.70. The van der Waals surface area contributed by atoms with E-state index in [1.807, 2.05) is 0 Å². The maximum Gasteiger partial charge on any atom is 0.321 e. The molecular weight excluding hydrogens is 208 g/mol. The number of hydrogen-bond donors (Lipinski definition) is 4. The van der Waals surface area contributed by atoms with Crippen LogP contribution in [-0.4, -0.2) is 40.5 Å². The molecule has 0 fully saturated rings. The molecule has 0 aliphatic carbocycles. The second-order valence-corrected chi connectivity index (χ2v) is 3.52. The molecule has 0 aromatic carbocycles. The van der Waals surface area contributed by atoms with Crippen molar-refractivity contribution < 1.29 is 19.8 Å². The number of nitrogens with two attached hydrogens (primary N) is 1. The van der Waals surface area contributed by atoms with E-state index in [9.17, 15) is 9.59 Å². The highest BCUT2D eigenvalue weighted by molar-refractivity contribution is 7.97. The van der Waals surface area contributed by atoms with Gasteiger partial charge in [-0.3, -0.25) is 9.59 Å². The van der Waals surface area contributed by atoms with Crippen molar-refractivity contribution in [1.82, 2.24) is 4.72 Å². The molecule has 1 atom stereocenters. The summed E-state index contributed by atoms with van der Waals surface area (Å²) in [6, 6.07) is -0.806. The molecule has 0 aliphatic heterocycles. The number of primary amides is 1. The van der Waals surface area contributed by atoms with E-state index in [4.69, 9.17) is 15.9 Å². The zero-order chi connectivity index (χ0) is 11.0. The molecule has 82 valence electrons. The minimum atomic E-state index is -1.03. The first-order chi connectivity index (χ1) is 6.57. The smallest absolute Gasteiger partial charge is 0.321 e. The van der Waals surface area contributed by atoms with E-state index in [0.717, 1.165) is 11.9 Å². The summed E-state index contributed by atoms with van der Waals surface area (Å²) in [6.45, 7) is -0.0280. The largest absolute Gasteiger partial charge is 0.480 e. The molecule has 0 heterocycles. The van der Waals surface area contributed by atoms with Gasteiger partial charge in [0, 0.05) is 12.2 Å². The van der Waals surface area contributed by atoms with Crippen LogP contribution >= 0.6 is 11.9 Å². The van der Waals surface area contributed by atoms with Crippen LogP contribution in [-0.2, 0) is 9.59 Å². The van der Waals surface area contributed by atoms with Crippen molar-refractivity contribution in [1.29, 1.82) is 0 Å². The minimum absolute atomic E-state index is 0.0280. The van der Waals surface area contributed by atoms with Crippen LogP contribution in [0.25, 0.3) is 0 Å². The Balaban J connectivity index is 3.78. The second-order valence-electron chi connectivity index (χ2n) is 2.59. The molecule has 7 heteroatoms. The number of carbonyl (C=O) groups excluding carboxylic acids is 1. The maximum atomic E-state index is 10.6. The van der Waals surface area contributed by atoms with Crippen molar-refractivity contribution in [2.75, 3.05) is 12.4 Å². The third-order valence-corrected chi connectivity index (χ3v) is 2.23. The Morgan fingerprint density at radius 3 is 2.57 bits per heavy atom. The standard InChI is InChI=1S/C7H14N2O4S/c8-6(11)2-1-5(7(12)13)9-14-4-3-10/h5,9-10H,1-4H2,(H2,8,11)(H,12,13)/t5-/m0/s1. The Morgan fingerprint density at radius 1 is 1.50 bits per heavy atom. The van der Waals surface area contributed by atoms with Gasteiger partial charge in [0.2, 0.25) is 5.91 Å². The molecule has 0 radical (unpaired) electrons. The van der Waals surface area contributed by atoms with Gasteiger partial charge in [-0.05, 0) is 6.42 Å². The number of aliphatic hydroxyl groups excluding tert-OH is 1. The number of nitrogens with one attached hydrogen (secondary N) is 1. The Kier molecular flexibility index (Phi) is 7.17. The van der Waals surface area contributed by atoms with E-state index in [0.29, 0.717) is 5.75 Å². The van der Waals surface area contributed by atoms with E-state index in [1.165, 1.54) is 0 Å². The second kappa shape index (κ2) is 7.60. The maximum absolute atomic E-state index is 10.6. The van der Waals surface area contributed by atoms with Gasteiger partial charge in [-0.1, -0.05) is 11.9 Å². The molecule has 0 bridgehead atoms. The molecule has 0 aromatic rings. The molecular formula is C7H14N2O4S. The average molecular weight is 222 g/mol. The molecule has 1 amide bonds. The van der Waals surface area contributed by atoms with Crippen molar-refractivity contribution in [2.24, 2.45) is 5.73 Å². The SMILES string of the molecule is NC(=O)CC[C@H](NSCCO)C(=O)O. The van der Waals surface area contributed by atoms with E-state index < -0.39 is 17.9 Å². The topological polar surface area (TPSA) is 113 Å². The molecule has 0 aliphatic rings. The quantitative estimate of drug-likeness (QED) is 0.307. The van der Waals surface area contributed by atoms with Gasteiger partial charge < -0.3 is 15.9 Å². The predicted molar refractivity (Wildman–Crippen MR) is 52.5 cm³/mol. The van der Waals surface area contributed by atoms with Crippen LogP contribution in [0.15, 0.2) is 0 Å². The summed E-state index contributed by atoms with van der Waals surface area (Å²) in [6.07, 6.45) is 0.187. The van der Waals surface area contributed by atoms with Gasteiger partial charge in [-0.2, -0.15) is 0 Å². The Bertz CT molecular complexity index is 200. The van der Waals surface area contributed by atoms with Crippen LogP contribution in [0, 0.1) is 0 Å². The number of carbonyl (C=O) groups is 2. The minimum Gasteiger partial charge on any atom is -0.480 e. The van der Waals surface area contributed by atoms with Crippen LogP contribution in [0.1, 0.15) is 12.8 Å². The van der Waals surface area contributed by atoms with Crippen LogP contribution < -0.4 is 10.5 Å². The normalized spacial score (nSPS) is 12.4. The molecule has 0 spiro atoms. The zero-order valence-electron chi connectivity index (χ0n) is 7.60. The van der Waals surface area contributed by atoms with Crippen molar-refractivity contribution in [3.63, 3.8) is 0 Å². The summed E-state index contributed by atoms with van der Waals surface area (Å²) in [5, 5.41) is 17.1. The van der Waals surface area contributed by atoms with Gasteiger partial charge in [0.05, 0.1) is 6.61 Å². The molecule has 6 nitrogen and oxygen atoms in total. The molecule has 0 rings (SSSR count). The number of amides is 1. The van der Waals surface area contributed by atoms with E-state index in [1.54, 1.807) is 0 Å². The number of carboxylic acids is 1. The Labute approximate surface area is 86.0 Å². The fraction of sp³-hybridized carbons (Fsp3) is 0.714. The van der Waals surface area contributed by atoms with Crippen molar-refractivity contribution >= 4 is 23.8 Å². The number of carboxylic acid groups (broad SMARTS) is 1. The van der Waals surface area contributed by atoms with Crippen LogP contribution in [0.4, 0.5) is 0 Å². The number of aliphatic hydroxyl groups is 1. The lowest BCUT2D eigenvalue weighted by Crippen LogP contribution is -2.33. The number of rotatable bonds is 8. The zero-order valence-corrected chi connectivity index (χ0v) is 8.42. The Morgan fingerprint density at radius 2 is 2.14 bits per heavy atom. The van der Waals surface area contributed by atoms with Crippen molar-refractivity contribution in [3.8, 4) is 0 Å². The van der Waals surface area contributed by atoms with Gasteiger partial charge >= 0.3 is 5.97 Å². The van der Waals surface area contributed by atoms with Crippen LogP contribution in [0.5, 0.6) is 0 Å². The molecule has 14 heavy (non-hydrogen) atoms. The lowest BCUT2D eigenvalue weighted by Gasteiger charge is -2.11. The van der Waals surface area contributed by atoms with Gasteiger partial charge in [-0.25, -0.2) is 4.72 Å². The summed E-state index contributed by atoms with van der Waals surface area (Å²) < 4.78 is 2.62. The van der Waals surface area contributed by atoms with E-state index in [-0.39, 0.29) is 19.4 Å². The highest BCUT2D eigenvalue weighted by Gasteiger charge is 2.17. The van der Waals surface area contributed by atoms with Crippen LogP contribution in [0.2, 0.25) is 0 Å². The summed E-state index contributed by atoms with van der Waals surface area (Å²) in [4.78, 5) is 21.0. The summed E-state index contributed by atoms with van der Waals surface area (Å²) in [5.74, 6) is -1.15. The highest BCUT2D eigenvalue weighted by atomic mass is 32.2. The number of aliphatic carboxylic acids is 1. The monoisotopic (exact) mass is 222 g/mol.